The molecule has 224 valence electrons. The van der Waals surface area contributed by atoms with Gasteiger partial charge in [0.15, 0.2) is 5.60 Å². The molecule has 12 heteroatoms. The molecular weight excluding hydrogens is 559 g/mol. The predicted molar refractivity (Wildman–Crippen MR) is 143 cm³/mol. The Bertz CT molecular complexity index is 1420. The number of pyridine rings is 1. The molecule has 2 aliphatic heterocycles. The van der Waals surface area contributed by atoms with Crippen LogP contribution in [0.15, 0.2) is 48.8 Å². The van der Waals surface area contributed by atoms with E-state index < -0.39 is 23.6 Å². The minimum absolute atomic E-state index is 0.00401. The van der Waals surface area contributed by atoms with Gasteiger partial charge in [0.25, 0.3) is 5.91 Å². The van der Waals surface area contributed by atoms with Gasteiger partial charge >= 0.3 is 6.18 Å². The van der Waals surface area contributed by atoms with Crippen LogP contribution in [0, 0.1) is 0 Å². The second kappa shape index (κ2) is 11.0. The van der Waals surface area contributed by atoms with Crippen LogP contribution in [-0.4, -0.2) is 46.0 Å². The summed E-state index contributed by atoms with van der Waals surface area (Å²) in [6, 6.07) is 8.65. The highest BCUT2D eigenvalue weighted by molar-refractivity contribution is 6.06. The Kier molecular flexibility index (Phi) is 7.55. The normalized spacial score (nSPS) is 24.6. The largest absolute Gasteiger partial charge is 0.421 e. The van der Waals surface area contributed by atoms with Crippen LogP contribution in [0.4, 0.5) is 27.6 Å². The fourth-order valence-electron chi connectivity index (χ4n) is 6.02. The molecule has 3 fully saturated rings. The predicted octanol–water partition coefficient (Wildman–Crippen LogP) is 7.37. The Hall–Kier alpha value is -3.38. The third-order valence-electron chi connectivity index (χ3n) is 8.53. The number of halogens is 5. The van der Waals surface area contributed by atoms with Crippen molar-refractivity contribution < 1.29 is 36.2 Å². The lowest BCUT2D eigenvalue weighted by molar-refractivity contribution is -0.333. The Balaban J connectivity index is 1.31. The molecule has 3 aliphatic rings. The summed E-state index contributed by atoms with van der Waals surface area (Å²) >= 11 is 0. The number of aromatic nitrogens is 3. The van der Waals surface area contributed by atoms with Crippen LogP contribution in [0.25, 0.3) is 11.3 Å². The van der Waals surface area contributed by atoms with Crippen LogP contribution in [-0.2, 0) is 15.1 Å². The lowest BCUT2D eigenvalue weighted by Crippen LogP contribution is -2.52. The van der Waals surface area contributed by atoms with E-state index in [1.54, 1.807) is 29.2 Å². The Morgan fingerprint density at radius 3 is 2.33 bits per heavy atom. The zero-order valence-electron chi connectivity index (χ0n) is 22.8. The summed E-state index contributed by atoms with van der Waals surface area (Å²) in [6.45, 7) is 0.645. The molecule has 2 atom stereocenters. The van der Waals surface area contributed by atoms with Crippen LogP contribution in [0.2, 0.25) is 0 Å². The molecule has 3 aromatic rings. The highest BCUT2D eigenvalue weighted by Gasteiger charge is 2.61. The number of nitrogens with one attached hydrogen (secondary N) is 1. The Morgan fingerprint density at radius 1 is 0.976 bits per heavy atom. The molecule has 1 aromatic carbocycles. The van der Waals surface area contributed by atoms with Crippen LogP contribution >= 0.6 is 0 Å². The third kappa shape index (κ3) is 5.42. The maximum absolute atomic E-state index is 14.0. The van der Waals surface area contributed by atoms with Gasteiger partial charge in [0, 0.05) is 55.3 Å². The van der Waals surface area contributed by atoms with Gasteiger partial charge in [0.1, 0.15) is 6.23 Å². The molecule has 7 nitrogen and oxygen atoms in total. The van der Waals surface area contributed by atoms with E-state index in [2.05, 4.69) is 10.3 Å². The number of amides is 1. The average molecular weight is 591 g/mol. The molecule has 0 bridgehead atoms. The van der Waals surface area contributed by atoms with Crippen molar-refractivity contribution in [1.82, 2.24) is 14.8 Å². The fraction of sp³-hybridized carbons (Fsp3) is 0.500. The summed E-state index contributed by atoms with van der Waals surface area (Å²) in [5, 5.41) is 7.60. The maximum atomic E-state index is 14.0. The number of carbonyl (C=O) groups is 1. The summed E-state index contributed by atoms with van der Waals surface area (Å²) in [5.41, 5.74) is -0.354. The number of rotatable bonds is 6. The van der Waals surface area contributed by atoms with Crippen molar-refractivity contribution in [3.8, 4) is 11.3 Å². The van der Waals surface area contributed by atoms with Gasteiger partial charge in [-0.05, 0) is 61.9 Å². The van der Waals surface area contributed by atoms with Crippen molar-refractivity contribution in [3.63, 3.8) is 0 Å². The standard InChI is InChI=1S/C30H31F5N4O3/c31-28(32)12-8-19(9-13-28)25-26(22(10-15-36-25)23-11-16-39(38-23)24-3-1-2-17-41-24)37-27(40)20-4-6-21(7-5-20)29(14-18-42-29)30(33,34)35/h4-7,10-11,15-16,19,24H,1-3,8-9,12-14,17-18H2,(H,37,40). The van der Waals surface area contributed by atoms with Crippen LogP contribution in [0.5, 0.6) is 0 Å². The lowest BCUT2D eigenvalue weighted by atomic mass is 9.83. The molecular formula is C30H31F5N4O3. The van der Waals surface area contributed by atoms with Crippen molar-refractivity contribution >= 4 is 11.6 Å². The molecule has 1 N–H and O–H groups in total. The first-order valence-corrected chi connectivity index (χ1v) is 14.2. The van der Waals surface area contributed by atoms with Crippen LogP contribution in [0.1, 0.15) is 85.1 Å². The maximum Gasteiger partial charge on any atom is 0.421 e. The first-order valence-electron chi connectivity index (χ1n) is 14.2. The van der Waals surface area contributed by atoms with Gasteiger partial charge in [-0.2, -0.15) is 18.3 Å². The van der Waals surface area contributed by atoms with Crippen molar-refractivity contribution in [3.05, 3.63) is 65.6 Å². The highest BCUT2D eigenvalue weighted by Crippen LogP contribution is 2.50. The summed E-state index contributed by atoms with van der Waals surface area (Å²) in [4.78, 5) is 18.0. The third-order valence-corrected chi connectivity index (χ3v) is 8.53. The molecule has 0 spiro atoms. The van der Waals surface area contributed by atoms with Crippen molar-refractivity contribution in [1.29, 1.82) is 0 Å². The molecule has 42 heavy (non-hydrogen) atoms. The molecule has 4 heterocycles. The minimum atomic E-state index is -4.59. The van der Waals surface area contributed by atoms with E-state index in [9.17, 15) is 26.7 Å². The number of anilines is 1. The smallest absolute Gasteiger partial charge is 0.361 e. The van der Waals surface area contributed by atoms with Gasteiger partial charge in [-0.15, -0.1) is 0 Å². The van der Waals surface area contributed by atoms with Gasteiger partial charge in [0.2, 0.25) is 5.92 Å². The highest BCUT2D eigenvalue weighted by atomic mass is 19.4. The molecule has 2 aromatic heterocycles. The molecule has 1 amide bonds. The molecule has 1 aliphatic carbocycles. The van der Waals surface area contributed by atoms with E-state index in [1.807, 2.05) is 0 Å². The first-order chi connectivity index (χ1) is 20.1. The van der Waals surface area contributed by atoms with E-state index in [0.717, 1.165) is 19.3 Å². The number of benzene rings is 1. The van der Waals surface area contributed by atoms with E-state index >= 15 is 0 Å². The van der Waals surface area contributed by atoms with Crippen molar-refractivity contribution in [2.24, 2.45) is 0 Å². The summed E-state index contributed by atoms with van der Waals surface area (Å²) in [7, 11) is 0. The quantitative estimate of drug-likeness (QED) is 0.304. The second-order valence-corrected chi connectivity index (χ2v) is 11.2. The number of nitrogens with zero attached hydrogens (tertiary/aromatic N) is 3. The van der Waals surface area contributed by atoms with E-state index in [0.29, 0.717) is 29.2 Å². The Labute approximate surface area is 239 Å². The van der Waals surface area contributed by atoms with Gasteiger partial charge in [-0.3, -0.25) is 9.78 Å². The number of carbonyl (C=O) groups excluding carboxylic acids is 1. The number of ether oxygens (including phenoxy) is 2. The number of hydrogen-bond donors (Lipinski definition) is 1. The Morgan fingerprint density at radius 2 is 1.71 bits per heavy atom. The number of hydrogen-bond acceptors (Lipinski definition) is 5. The van der Waals surface area contributed by atoms with E-state index in [4.69, 9.17) is 14.6 Å². The minimum Gasteiger partial charge on any atom is -0.361 e. The van der Waals surface area contributed by atoms with Gasteiger partial charge in [0.05, 0.1) is 23.7 Å². The zero-order chi connectivity index (χ0) is 29.5. The average Bonchev–Trinajstić information content (AvgIpc) is 3.43. The second-order valence-electron chi connectivity index (χ2n) is 11.2. The van der Waals surface area contributed by atoms with Gasteiger partial charge in [-0.25, -0.2) is 13.5 Å². The fourth-order valence-corrected chi connectivity index (χ4v) is 6.02. The summed E-state index contributed by atoms with van der Waals surface area (Å²) in [5.74, 6) is -3.62. The molecule has 6 rings (SSSR count). The molecule has 0 radical (unpaired) electrons. The van der Waals surface area contributed by atoms with Gasteiger partial charge < -0.3 is 14.8 Å². The molecule has 2 unspecified atom stereocenters. The SMILES string of the molecule is O=C(Nc1c(-c2ccn(C3CCCCO3)n2)ccnc1C1CCC(F)(F)CC1)c1ccc(C2(C(F)(F)F)CCO2)cc1. The van der Waals surface area contributed by atoms with E-state index in [-0.39, 0.29) is 62.0 Å². The van der Waals surface area contributed by atoms with E-state index in [1.165, 1.54) is 24.3 Å². The monoisotopic (exact) mass is 590 g/mol. The van der Waals surface area contributed by atoms with Crippen molar-refractivity contribution in [2.45, 2.75) is 81.2 Å². The lowest BCUT2D eigenvalue weighted by Gasteiger charge is -2.43. The van der Waals surface area contributed by atoms with Gasteiger partial charge in [-0.1, -0.05) is 12.1 Å². The number of alkyl halides is 5. The van der Waals surface area contributed by atoms with Crippen molar-refractivity contribution in [2.75, 3.05) is 18.5 Å². The van der Waals surface area contributed by atoms with Crippen LogP contribution < -0.4 is 5.32 Å². The summed E-state index contributed by atoms with van der Waals surface area (Å²) in [6.07, 6.45) is 1.05. The molecule has 1 saturated carbocycles. The topological polar surface area (TPSA) is 78.3 Å². The zero-order valence-corrected chi connectivity index (χ0v) is 22.8. The summed E-state index contributed by atoms with van der Waals surface area (Å²) < 4.78 is 81.6. The molecule has 2 saturated heterocycles. The first kappa shape index (κ1) is 28.7. The van der Waals surface area contributed by atoms with Crippen LogP contribution in [0.3, 0.4) is 0 Å².